The van der Waals surface area contributed by atoms with Crippen molar-refractivity contribution >= 4 is 17.2 Å². The minimum absolute atomic E-state index is 0.0706. The van der Waals surface area contributed by atoms with Gasteiger partial charge in [-0.15, -0.1) is 11.3 Å². The summed E-state index contributed by atoms with van der Waals surface area (Å²) in [4.78, 5) is 16.2. The summed E-state index contributed by atoms with van der Waals surface area (Å²) in [5.74, 6) is 0.129. The average molecular weight is 355 g/mol. The van der Waals surface area contributed by atoms with Crippen LogP contribution in [0.15, 0.2) is 29.6 Å². The molecule has 2 aliphatic rings. The number of rotatable bonds is 4. The molecule has 1 atom stereocenters. The van der Waals surface area contributed by atoms with Gasteiger partial charge in [0.2, 0.25) is 5.91 Å². The lowest BCUT2D eigenvalue weighted by molar-refractivity contribution is -0.123. The molecule has 0 bridgehead atoms. The number of nitrogens with zero attached hydrogens (tertiary/aromatic N) is 1. The highest BCUT2D eigenvalue weighted by molar-refractivity contribution is 7.10. The van der Waals surface area contributed by atoms with Gasteiger partial charge in [-0.1, -0.05) is 18.2 Å². The van der Waals surface area contributed by atoms with Crippen molar-refractivity contribution in [2.75, 3.05) is 13.1 Å². The molecule has 132 valence electrons. The van der Waals surface area contributed by atoms with Crippen molar-refractivity contribution in [3.05, 3.63) is 56.8 Å². The number of carbonyl (C=O) groups excluding carboxylic acids is 1. The van der Waals surface area contributed by atoms with Crippen molar-refractivity contribution in [1.82, 2.24) is 10.2 Å². The smallest absolute Gasteiger partial charge is 0.234 e. The standard InChI is InChI=1S/C21H26N2OS/c1-15(17-7-6-16-4-2-3-5-18(16)12-17)22-21(24)14-23-10-8-20-19(13-23)9-11-25-20/h6-7,9,11-12,15H,2-5,8,10,13-14H2,1H3,(H,22,24)/t15-/m1/s1. The molecule has 1 aromatic heterocycles. The highest BCUT2D eigenvalue weighted by atomic mass is 32.1. The first kappa shape index (κ1) is 16.8. The largest absolute Gasteiger partial charge is 0.348 e. The molecule has 25 heavy (non-hydrogen) atoms. The monoisotopic (exact) mass is 354 g/mol. The second kappa shape index (κ2) is 7.30. The number of nitrogens with one attached hydrogen (secondary N) is 1. The molecule has 2 heterocycles. The third-order valence-corrected chi connectivity index (χ3v) is 6.53. The van der Waals surface area contributed by atoms with Gasteiger partial charge in [-0.2, -0.15) is 0 Å². The van der Waals surface area contributed by atoms with E-state index in [9.17, 15) is 4.79 Å². The maximum atomic E-state index is 12.5. The van der Waals surface area contributed by atoms with Crippen LogP contribution in [0.4, 0.5) is 0 Å². The summed E-state index contributed by atoms with van der Waals surface area (Å²) in [5.41, 5.74) is 5.60. The Morgan fingerprint density at radius 2 is 2.00 bits per heavy atom. The van der Waals surface area contributed by atoms with Crippen molar-refractivity contribution in [2.24, 2.45) is 0 Å². The van der Waals surface area contributed by atoms with E-state index in [4.69, 9.17) is 0 Å². The van der Waals surface area contributed by atoms with Crippen LogP contribution in [0, 0.1) is 0 Å². The minimum atomic E-state index is 0.0706. The molecule has 1 aliphatic heterocycles. The van der Waals surface area contributed by atoms with Crippen LogP contribution in [0.3, 0.4) is 0 Å². The predicted molar refractivity (Wildman–Crippen MR) is 103 cm³/mol. The number of amides is 1. The molecule has 0 unspecified atom stereocenters. The zero-order valence-corrected chi connectivity index (χ0v) is 15.7. The van der Waals surface area contributed by atoms with Crippen molar-refractivity contribution in [1.29, 1.82) is 0 Å². The minimum Gasteiger partial charge on any atom is -0.348 e. The molecule has 1 amide bonds. The zero-order chi connectivity index (χ0) is 17.2. The van der Waals surface area contributed by atoms with Gasteiger partial charge in [0.15, 0.2) is 0 Å². The van der Waals surface area contributed by atoms with E-state index < -0.39 is 0 Å². The summed E-state index contributed by atoms with van der Waals surface area (Å²) < 4.78 is 0. The SMILES string of the molecule is C[C@@H](NC(=O)CN1CCc2sccc2C1)c1ccc2c(c1)CCCC2. The molecule has 4 heteroatoms. The Hall–Kier alpha value is -1.65. The Bertz CT molecular complexity index is 767. The summed E-state index contributed by atoms with van der Waals surface area (Å²) in [5, 5.41) is 5.35. The first-order valence-corrected chi connectivity index (χ1v) is 10.3. The van der Waals surface area contributed by atoms with E-state index in [1.54, 1.807) is 0 Å². The topological polar surface area (TPSA) is 32.3 Å². The Morgan fingerprint density at radius 3 is 2.88 bits per heavy atom. The second-order valence-electron chi connectivity index (χ2n) is 7.35. The van der Waals surface area contributed by atoms with Gasteiger partial charge in [0.25, 0.3) is 0 Å². The zero-order valence-electron chi connectivity index (χ0n) is 14.9. The third-order valence-electron chi connectivity index (χ3n) is 5.50. The molecule has 0 saturated heterocycles. The van der Waals surface area contributed by atoms with E-state index in [1.165, 1.54) is 52.8 Å². The number of hydrogen-bond acceptors (Lipinski definition) is 3. The van der Waals surface area contributed by atoms with Gasteiger partial charge in [-0.05, 0) is 72.7 Å². The summed E-state index contributed by atoms with van der Waals surface area (Å²) in [6.07, 6.45) is 6.05. The van der Waals surface area contributed by atoms with E-state index >= 15 is 0 Å². The number of benzene rings is 1. The van der Waals surface area contributed by atoms with Crippen LogP contribution >= 0.6 is 11.3 Å². The van der Waals surface area contributed by atoms with E-state index in [2.05, 4.69) is 46.8 Å². The van der Waals surface area contributed by atoms with Gasteiger partial charge in [-0.25, -0.2) is 0 Å². The molecule has 1 aliphatic carbocycles. The fraction of sp³-hybridized carbons (Fsp3) is 0.476. The number of hydrogen-bond donors (Lipinski definition) is 1. The fourth-order valence-corrected chi connectivity index (χ4v) is 4.93. The lowest BCUT2D eigenvalue weighted by atomic mass is 9.89. The number of fused-ring (bicyclic) bond motifs is 2. The molecule has 3 nitrogen and oxygen atoms in total. The molecule has 4 rings (SSSR count). The van der Waals surface area contributed by atoms with Crippen molar-refractivity contribution in [3.8, 4) is 0 Å². The van der Waals surface area contributed by atoms with Gasteiger partial charge < -0.3 is 5.32 Å². The van der Waals surface area contributed by atoms with Gasteiger partial charge in [0.05, 0.1) is 12.6 Å². The van der Waals surface area contributed by atoms with E-state index in [0.717, 1.165) is 19.5 Å². The highest BCUT2D eigenvalue weighted by Crippen LogP contribution is 2.25. The number of carbonyl (C=O) groups is 1. The van der Waals surface area contributed by atoms with Crippen LogP contribution < -0.4 is 5.32 Å². The molecule has 1 N–H and O–H groups in total. The van der Waals surface area contributed by atoms with Crippen molar-refractivity contribution < 1.29 is 4.79 Å². The summed E-state index contributed by atoms with van der Waals surface area (Å²) in [6.45, 7) is 4.47. The Kier molecular flexibility index (Phi) is 4.91. The van der Waals surface area contributed by atoms with Crippen LogP contribution in [0.25, 0.3) is 0 Å². The average Bonchev–Trinajstić information content (AvgIpc) is 3.09. The molecular weight excluding hydrogens is 328 g/mol. The predicted octanol–water partition coefficient (Wildman–Crippen LogP) is 3.86. The molecule has 0 spiro atoms. The van der Waals surface area contributed by atoms with E-state index in [1.807, 2.05) is 11.3 Å². The van der Waals surface area contributed by atoms with Crippen LogP contribution in [-0.2, 0) is 30.6 Å². The Morgan fingerprint density at radius 1 is 1.16 bits per heavy atom. The number of aryl methyl sites for hydroxylation is 2. The molecule has 0 fully saturated rings. The Labute approximate surface area is 154 Å². The highest BCUT2D eigenvalue weighted by Gasteiger charge is 2.20. The molecule has 1 aromatic carbocycles. The lowest BCUT2D eigenvalue weighted by Gasteiger charge is -2.27. The summed E-state index contributed by atoms with van der Waals surface area (Å²) in [7, 11) is 0. The second-order valence-corrected chi connectivity index (χ2v) is 8.35. The van der Waals surface area contributed by atoms with Gasteiger partial charge in [-0.3, -0.25) is 9.69 Å². The van der Waals surface area contributed by atoms with Crippen molar-refractivity contribution in [3.63, 3.8) is 0 Å². The van der Waals surface area contributed by atoms with E-state index in [-0.39, 0.29) is 11.9 Å². The van der Waals surface area contributed by atoms with Gasteiger partial charge >= 0.3 is 0 Å². The maximum Gasteiger partial charge on any atom is 0.234 e. The van der Waals surface area contributed by atoms with Crippen LogP contribution in [0.2, 0.25) is 0 Å². The first-order chi connectivity index (χ1) is 12.2. The molecular formula is C21H26N2OS. The molecule has 0 saturated carbocycles. The van der Waals surface area contributed by atoms with Gasteiger partial charge in [0.1, 0.15) is 0 Å². The van der Waals surface area contributed by atoms with Crippen LogP contribution in [0.1, 0.15) is 52.9 Å². The maximum absolute atomic E-state index is 12.5. The molecule has 2 aromatic rings. The van der Waals surface area contributed by atoms with Crippen LogP contribution in [0.5, 0.6) is 0 Å². The number of thiophene rings is 1. The fourth-order valence-electron chi connectivity index (χ4n) is 4.04. The summed E-state index contributed by atoms with van der Waals surface area (Å²) >= 11 is 1.84. The quantitative estimate of drug-likeness (QED) is 0.904. The molecule has 0 radical (unpaired) electrons. The van der Waals surface area contributed by atoms with Gasteiger partial charge in [0, 0.05) is 18.0 Å². The normalized spacial score (nSPS) is 18.3. The van der Waals surface area contributed by atoms with Crippen LogP contribution in [-0.4, -0.2) is 23.9 Å². The Balaban J connectivity index is 1.34. The first-order valence-electron chi connectivity index (χ1n) is 9.38. The summed E-state index contributed by atoms with van der Waals surface area (Å²) in [6, 6.07) is 9.02. The van der Waals surface area contributed by atoms with Crippen molar-refractivity contribution in [2.45, 2.75) is 51.6 Å². The third kappa shape index (κ3) is 3.80. The lowest BCUT2D eigenvalue weighted by Crippen LogP contribution is -2.40. The van der Waals surface area contributed by atoms with E-state index in [0.29, 0.717) is 6.54 Å².